The summed E-state index contributed by atoms with van der Waals surface area (Å²) in [5.41, 5.74) is 1.69. The molecule has 198 valence electrons. The maximum atomic E-state index is 15.1. The molecule has 2 aliphatic heterocycles. The average Bonchev–Trinajstić information content (AvgIpc) is 3.56. The summed E-state index contributed by atoms with van der Waals surface area (Å²) < 4.78 is 31.1. The van der Waals surface area contributed by atoms with Gasteiger partial charge >= 0.3 is 12.2 Å². The molecule has 2 fully saturated rings. The van der Waals surface area contributed by atoms with E-state index in [2.05, 4.69) is 5.32 Å². The normalized spacial score (nSPS) is 18.8. The van der Waals surface area contributed by atoms with Crippen molar-refractivity contribution in [3.05, 3.63) is 53.8 Å². The van der Waals surface area contributed by atoms with Gasteiger partial charge in [-0.25, -0.2) is 14.0 Å². The molecule has 2 aliphatic rings. The Kier molecular flexibility index (Phi) is 7.68. The van der Waals surface area contributed by atoms with Crippen molar-refractivity contribution in [1.29, 1.82) is 0 Å². The Morgan fingerprint density at radius 3 is 2.46 bits per heavy atom. The van der Waals surface area contributed by atoms with Gasteiger partial charge in [-0.3, -0.25) is 9.69 Å². The number of halogens is 1. The standard InChI is InChI=1S/C27H32FN3O6/c1-17(32)29-12-21-15-31(26(34)36-21)20-9-10-23(24(28)11-20)19-7-5-18(6-8-19)13-30(14-22-16-35-22)25(33)37-27(2,3)4/h5-11,21-22H,12-16H2,1-4H3,(H,29,32). The fourth-order valence-electron chi connectivity index (χ4n) is 3.96. The van der Waals surface area contributed by atoms with Gasteiger partial charge in [-0.15, -0.1) is 0 Å². The Hall–Kier alpha value is -3.66. The van der Waals surface area contributed by atoms with Crippen molar-refractivity contribution >= 4 is 23.8 Å². The fourth-order valence-corrected chi connectivity index (χ4v) is 3.96. The molecule has 9 nitrogen and oxygen atoms in total. The summed E-state index contributed by atoms with van der Waals surface area (Å²) in [5.74, 6) is -0.699. The molecule has 2 aromatic rings. The van der Waals surface area contributed by atoms with Crippen molar-refractivity contribution in [2.75, 3.05) is 31.1 Å². The predicted molar refractivity (Wildman–Crippen MR) is 135 cm³/mol. The van der Waals surface area contributed by atoms with Crippen LogP contribution in [0.5, 0.6) is 0 Å². The average molecular weight is 514 g/mol. The molecule has 2 heterocycles. The first-order valence-electron chi connectivity index (χ1n) is 12.2. The van der Waals surface area contributed by atoms with Crippen LogP contribution in [0, 0.1) is 5.82 Å². The van der Waals surface area contributed by atoms with Crippen LogP contribution in [0.1, 0.15) is 33.3 Å². The first kappa shape index (κ1) is 26.4. The van der Waals surface area contributed by atoms with Crippen molar-refractivity contribution in [1.82, 2.24) is 10.2 Å². The number of nitrogens with one attached hydrogen (secondary N) is 1. The van der Waals surface area contributed by atoms with Gasteiger partial charge in [0.1, 0.15) is 17.5 Å². The van der Waals surface area contributed by atoms with E-state index in [0.29, 0.717) is 36.5 Å². The molecule has 0 radical (unpaired) electrons. The molecule has 2 unspecified atom stereocenters. The zero-order valence-electron chi connectivity index (χ0n) is 21.5. The van der Waals surface area contributed by atoms with E-state index in [4.69, 9.17) is 14.2 Å². The van der Waals surface area contributed by atoms with Gasteiger partial charge in [0.05, 0.1) is 38.0 Å². The quantitative estimate of drug-likeness (QED) is 0.534. The highest BCUT2D eigenvalue weighted by molar-refractivity contribution is 5.90. The van der Waals surface area contributed by atoms with Crippen LogP contribution in [0.15, 0.2) is 42.5 Å². The number of benzene rings is 2. The van der Waals surface area contributed by atoms with E-state index < -0.39 is 29.7 Å². The number of amides is 3. The second kappa shape index (κ2) is 10.8. The summed E-state index contributed by atoms with van der Waals surface area (Å²) in [7, 11) is 0. The fraction of sp³-hybridized carbons (Fsp3) is 0.444. The molecule has 37 heavy (non-hydrogen) atoms. The van der Waals surface area contributed by atoms with Gasteiger partial charge in [0.2, 0.25) is 5.91 Å². The highest BCUT2D eigenvalue weighted by Crippen LogP contribution is 2.29. The Morgan fingerprint density at radius 2 is 1.86 bits per heavy atom. The predicted octanol–water partition coefficient (Wildman–Crippen LogP) is 4.09. The Labute approximate surface area is 215 Å². The summed E-state index contributed by atoms with van der Waals surface area (Å²) in [6, 6.07) is 11.9. The molecule has 0 saturated carbocycles. The molecular weight excluding hydrogens is 481 g/mol. The lowest BCUT2D eigenvalue weighted by Crippen LogP contribution is -2.38. The van der Waals surface area contributed by atoms with E-state index in [0.717, 1.165) is 5.56 Å². The second-order valence-electron chi connectivity index (χ2n) is 10.2. The van der Waals surface area contributed by atoms with Gasteiger partial charge in [-0.2, -0.15) is 0 Å². The van der Waals surface area contributed by atoms with Crippen LogP contribution >= 0.6 is 0 Å². The van der Waals surface area contributed by atoms with Gasteiger partial charge in [0, 0.05) is 19.0 Å². The molecule has 3 amide bonds. The van der Waals surface area contributed by atoms with E-state index >= 15 is 4.39 Å². The minimum absolute atomic E-state index is 0.0213. The van der Waals surface area contributed by atoms with Crippen molar-refractivity contribution in [3.63, 3.8) is 0 Å². The molecule has 2 aromatic carbocycles. The summed E-state index contributed by atoms with van der Waals surface area (Å²) in [6.07, 6.45) is -1.47. The molecule has 0 bridgehead atoms. The van der Waals surface area contributed by atoms with Gasteiger partial charge < -0.3 is 24.4 Å². The van der Waals surface area contributed by atoms with Crippen LogP contribution in [-0.2, 0) is 25.5 Å². The maximum Gasteiger partial charge on any atom is 0.414 e. The maximum absolute atomic E-state index is 15.1. The summed E-state index contributed by atoms with van der Waals surface area (Å²) in [6.45, 7) is 8.67. The number of hydrogen-bond donors (Lipinski definition) is 1. The van der Waals surface area contributed by atoms with Crippen LogP contribution in [0.25, 0.3) is 11.1 Å². The molecule has 1 N–H and O–H groups in total. The van der Waals surface area contributed by atoms with Crippen LogP contribution in [-0.4, -0.2) is 67.0 Å². The lowest BCUT2D eigenvalue weighted by molar-refractivity contribution is -0.119. The van der Waals surface area contributed by atoms with Crippen LogP contribution in [0.4, 0.5) is 19.7 Å². The van der Waals surface area contributed by atoms with Crippen LogP contribution < -0.4 is 10.2 Å². The topological polar surface area (TPSA) is 101 Å². The number of rotatable bonds is 8. The first-order valence-corrected chi connectivity index (χ1v) is 12.2. The minimum Gasteiger partial charge on any atom is -0.444 e. The Bertz CT molecular complexity index is 1160. The van der Waals surface area contributed by atoms with E-state index in [9.17, 15) is 14.4 Å². The van der Waals surface area contributed by atoms with Crippen LogP contribution in [0.3, 0.4) is 0 Å². The number of carbonyl (C=O) groups is 3. The number of carbonyl (C=O) groups excluding carboxylic acids is 3. The van der Waals surface area contributed by atoms with Crippen molar-refractivity contribution in [3.8, 4) is 11.1 Å². The van der Waals surface area contributed by atoms with Crippen molar-refractivity contribution in [2.24, 2.45) is 0 Å². The number of anilines is 1. The number of epoxide rings is 1. The van der Waals surface area contributed by atoms with Gasteiger partial charge in [0.25, 0.3) is 0 Å². The van der Waals surface area contributed by atoms with Crippen molar-refractivity contribution in [2.45, 2.75) is 52.0 Å². The number of hydrogen-bond acceptors (Lipinski definition) is 6. The molecule has 0 spiro atoms. The minimum atomic E-state index is -0.606. The zero-order chi connectivity index (χ0) is 26.7. The molecule has 10 heteroatoms. The second-order valence-corrected chi connectivity index (χ2v) is 10.2. The third-order valence-electron chi connectivity index (χ3n) is 5.83. The van der Waals surface area contributed by atoms with E-state index in [1.54, 1.807) is 29.2 Å². The summed E-state index contributed by atoms with van der Waals surface area (Å²) >= 11 is 0. The highest BCUT2D eigenvalue weighted by atomic mass is 19.1. The molecule has 2 atom stereocenters. The molecule has 0 aromatic heterocycles. The number of cyclic esters (lactones) is 1. The third kappa shape index (κ3) is 7.19. The van der Waals surface area contributed by atoms with Gasteiger partial charge in [-0.05, 0) is 50.1 Å². The Morgan fingerprint density at radius 1 is 1.16 bits per heavy atom. The first-order chi connectivity index (χ1) is 17.5. The van der Waals surface area contributed by atoms with Crippen LogP contribution in [0.2, 0.25) is 0 Å². The van der Waals surface area contributed by atoms with E-state index in [-0.39, 0.29) is 25.1 Å². The number of nitrogens with zero attached hydrogens (tertiary/aromatic N) is 2. The lowest BCUT2D eigenvalue weighted by atomic mass is 10.0. The molecule has 4 rings (SSSR count). The number of ether oxygens (including phenoxy) is 3. The lowest BCUT2D eigenvalue weighted by Gasteiger charge is -2.27. The molecule has 2 saturated heterocycles. The molecular formula is C27H32FN3O6. The Balaban J connectivity index is 1.43. The van der Waals surface area contributed by atoms with E-state index in [1.165, 1.54) is 17.9 Å². The smallest absolute Gasteiger partial charge is 0.414 e. The largest absolute Gasteiger partial charge is 0.444 e. The molecule has 0 aliphatic carbocycles. The monoisotopic (exact) mass is 513 g/mol. The summed E-state index contributed by atoms with van der Waals surface area (Å²) in [5, 5.41) is 2.61. The highest BCUT2D eigenvalue weighted by Gasteiger charge is 2.33. The van der Waals surface area contributed by atoms with Gasteiger partial charge in [0.15, 0.2) is 0 Å². The third-order valence-corrected chi connectivity index (χ3v) is 5.83. The van der Waals surface area contributed by atoms with E-state index in [1.807, 2.05) is 32.9 Å². The zero-order valence-corrected chi connectivity index (χ0v) is 21.5. The SMILES string of the molecule is CC(=O)NCC1CN(c2ccc(-c3ccc(CN(CC4CO4)C(=O)OC(C)(C)C)cc3)c(F)c2)C(=O)O1. The van der Waals surface area contributed by atoms with Gasteiger partial charge in [-0.1, -0.05) is 24.3 Å². The summed E-state index contributed by atoms with van der Waals surface area (Å²) in [4.78, 5) is 39.0. The van der Waals surface area contributed by atoms with Crippen molar-refractivity contribution < 1.29 is 33.0 Å².